The molecule has 0 aliphatic carbocycles. The molecule has 2 aromatic carbocycles. The summed E-state index contributed by atoms with van der Waals surface area (Å²) >= 11 is 1.95. The van der Waals surface area contributed by atoms with Crippen LogP contribution in [0.3, 0.4) is 0 Å². The molecular weight excluding hydrogens is 376 g/mol. The second-order valence-corrected chi connectivity index (χ2v) is 8.99. The van der Waals surface area contributed by atoms with E-state index >= 15 is 0 Å². The van der Waals surface area contributed by atoms with Gasteiger partial charge in [0.1, 0.15) is 12.4 Å². The molecule has 1 atom stereocenters. The van der Waals surface area contributed by atoms with Gasteiger partial charge in [-0.2, -0.15) is 0 Å². The highest BCUT2D eigenvalue weighted by Gasteiger charge is 2.29. The fraction of sp³-hybridized carbons (Fsp3) is 0.360. The molecule has 1 saturated heterocycles. The Morgan fingerprint density at radius 2 is 1.90 bits per heavy atom. The summed E-state index contributed by atoms with van der Waals surface area (Å²) in [5.74, 6) is 2.14. The molecule has 29 heavy (non-hydrogen) atoms. The average molecular weight is 407 g/mol. The Hall–Kier alpha value is -2.17. The van der Waals surface area contributed by atoms with E-state index in [0.29, 0.717) is 12.6 Å². The zero-order valence-electron chi connectivity index (χ0n) is 17.2. The summed E-state index contributed by atoms with van der Waals surface area (Å²) in [4.78, 5) is 6.46. The summed E-state index contributed by atoms with van der Waals surface area (Å²) in [5, 5.41) is 0. The number of thioether (sulfide) groups is 1. The smallest absolute Gasteiger partial charge is 0.128 e. The molecule has 2 aliphatic rings. The predicted molar refractivity (Wildman–Crippen MR) is 123 cm³/mol. The number of benzene rings is 2. The fourth-order valence-corrected chi connectivity index (χ4v) is 4.94. The Morgan fingerprint density at radius 1 is 1.10 bits per heavy atom. The Bertz CT molecular complexity index is 864. The van der Waals surface area contributed by atoms with Crippen LogP contribution in [0.15, 0.2) is 77.3 Å². The minimum Gasteiger partial charge on any atom is -0.487 e. The lowest BCUT2D eigenvalue weighted by Gasteiger charge is -2.44. The van der Waals surface area contributed by atoms with Gasteiger partial charge in [-0.15, -0.1) is 11.8 Å². The maximum absolute atomic E-state index is 5.98. The number of para-hydroxylation sites is 1. The predicted octanol–water partition coefficient (Wildman–Crippen LogP) is 5.16. The van der Waals surface area contributed by atoms with Gasteiger partial charge >= 0.3 is 0 Å². The van der Waals surface area contributed by atoms with E-state index in [0.717, 1.165) is 37.7 Å². The van der Waals surface area contributed by atoms with Crippen molar-refractivity contribution in [1.29, 1.82) is 0 Å². The zero-order valence-corrected chi connectivity index (χ0v) is 18.0. The van der Waals surface area contributed by atoms with Crippen LogP contribution in [-0.2, 0) is 0 Å². The summed E-state index contributed by atoms with van der Waals surface area (Å²) in [6, 6.07) is 19.4. The third kappa shape index (κ3) is 5.06. The molecule has 0 aromatic heterocycles. The van der Waals surface area contributed by atoms with E-state index in [4.69, 9.17) is 4.74 Å². The molecule has 2 aliphatic heterocycles. The first kappa shape index (κ1) is 20.1. The van der Waals surface area contributed by atoms with Gasteiger partial charge in [0.2, 0.25) is 0 Å². The van der Waals surface area contributed by atoms with E-state index < -0.39 is 0 Å². The van der Waals surface area contributed by atoms with Crippen molar-refractivity contribution in [2.75, 3.05) is 38.5 Å². The van der Waals surface area contributed by atoms with Crippen LogP contribution >= 0.6 is 11.8 Å². The lowest BCUT2D eigenvalue weighted by atomic mass is 10.0. The summed E-state index contributed by atoms with van der Waals surface area (Å²) in [6.07, 6.45) is 3.49. The van der Waals surface area contributed by atoms with E-state index in [1.54, 1.807) is 0 Å². The molecule has 152 valence electrons. The van der Waals surface area contributed by atoms with Gasteiger partial charge in [-0.3, -0.25) is 4.90 Å². The maximum atomic E-state index is 5.98. The standard InChI is InChI=1S/C25H30N2OS/c1-20(2)24-18-27(22-17-21-9-6-7-12-25(21)28-19-22)15-14-26(24)13-8-16-29-23-10-4-3-5-11-23/h3-7,9-12,17,24H,1,8,13-16,18-19H2,2H3. The zero-order chi connectivity index (χ0) is 20.1. The van der Waals surface area contributed by atoms with Crippen molar-refractivity contribution in [2.45, 2.75) is 24.3 Å². The van der Waals surface area contributed by atoms with Crippen LogP contribution in [0.5, 0.6) is 5.75 Å². The van der Waals surface area contributed by atoms with Crippen molar-refractivity contribution in [3.8, 4) is 5.75 Å². The summed E-state index contributed by atoms with van der Waals surface area (Å²) < 4.78 is 5.98. The molecule has 1 fully saturated rings. The monoisotopic (exact) mass is 406 g/mol. The maximum Gasteiger partial charge on any atom is 0.128 e. The van der Waals surface area contributed by atoms with Crippen molar-refractivity contribution in [3.63, 3.8) is 0 Å². The van der Waals surface area contributed by atoms with E-state index in [2.05, 4.69) is 71.8 Å². The highest BCUT2D eigenvalue weighted by molar-refractivity contribution is 7.99. The quantitative estimate of drug-likeness (QED) is 0.358. The molecular formula is C25H30N2OS. The Labute approximate surface area is 179 Å². The van der Waals surface area contributed by atoms with Crippen LogP contribution in [-0.4, -0.2) is 54.4 Å². The van der Waals surface area contributed by atoms with Crippen LogP contribution < -0.4 is 4.74 Å². The normalized spacial score (nSPS) is 19.3. The first-order chi connectivity index (χ1) is 14.2. The molecule has 0 spiro atoms. The number of piperazine rings is 1. The van der Waals surface area contributed by atoms with Crippen molar-refractivity contribution in [1.82, 2.24) is 9.80 Å². The average Bonchev–Trinajstić information content (AvgIpc) is 2.77. The molecule has 0 radical (unpaired) electrons. The number of hydrogen-bond acceptors (Lipinski definition) is 4. The van der Waals surface area contributed by atoms with Crippen molar-refractivity contribution in [2.24, 2.45) is 0 Å². The van der Waals surface area contributed by atoms with Crippen LogP contribution in [0.1, 0.15) is 18.9 Å². The SMILES string of the molecule is C=C(C)C1CN(C2=Cc3ccccc3OC2)CCN1CCCSc1ccccc1. The van der Waals surface area contributed by atoms with Gasteiger partial charge in [0.25, 0.3) is 0 Å². The van der Waals surface area contributed by atoms with E-state index in [1.165, 1.54) is 28.1 Å². The van der Waals surface area contributed by atoms with Crippen molar-refractivity contribution >= 4 is 17.8 Å². The number of nitrogens with zero attached hydrogens (tertiary/aromatic N) is 2. The number of rotatable bonds is 7. The topological polar surface area (TPSA) is 15.7 Å². The second-order valence-electron chi connectivity index (χ2n) is 7.82. The Morgan fingerprint density at radius 3 is 2.72 bits per heavy atom. The first-order valence-corrected chi connectivity index (χ1v) is 11.4. The first-order valence-electron chi connectivity index (χ1n) is 10.5. The lowest BCUT2D eigenvalue weighted by molar-refractivity contribution is 0.106. The number of fused-ring (bicyclic) bond motifs is 1. The molecule has 3 nitrogen and oxygen atoms in total. The molecule has 4 heteroatoms. The number of ether oxygens (including phenoxy) is 1. The van der Waals surface area contributed by atoms with Crippen LogP contribution in [0.4, 0.5) is 0 Å². The summed E-state index contributed by atoms with van der Waals surface area (Å²) in [6.45, 7) is 11.4. The summed E-state index contributed by atoms with van der Waals surface area (Å²) in [7, 11) is 0. The third-order valence-corrected chi connectivity index (χ3v) is 6.78. The lowest BCUT2D eigenvalue weighted by Crippen LogP contribution is -2.53. The second kappa shape index (κ2) is 9.55. The molecule has 0 amide bonds. The van der Waals surface area contributed by atoms with Gasteiger partial charge in [0.05, 0.1) is 5.70 Å². The van der Waals surface area contributed by atoms with Crippen LogP contribution in [0.25, 0.3) is 6.08 Å². The van der Waals surface area contributed by atoms with Gasteiger partial charge in [-0.1, -0.05) is 48.6 Å². The van der Waals surface area contributed by atoms with Crippen molar-refractivity contribution in [3.05, 3.63) is 78.0 Å². The van der Waals surface area contributed by atoms with Gasteiger partial charge < -0.3 is 9.64 Å². The minimum atomic E-state index is 0.406. The summed E-state index contributed by atoms with van der Waals surface area (Å²) in [5.41, 5.74) is 3.72. The van der Waals surface area contributed by atoms with Gasteiger partial charge in [0.15, 0.2) is 0 Å². The fourth-order valence-electron chi connectivity index (χ4n) is 4.08. The molecule has 4 rings (SSSR count). The van der Waals surface area contributed by atoms with E-state index in [-0.39, 0.29) is 0 Å². The minimum absolute atomic E-state index is 0.406. The Balaban J connectivity index is 1.33. The molecule has 0 bridgehead atoms. The molecule has 1 unspecified atom stereocenters. The number of hydrogen-bond donors (Lipinski definition) is 0. The Kier molecular flexibility index (Phi) is 6.63. The molecule has 2 heterocycles. The van der Waals surface area contributed by atoms with Gasteiger partial charge in [-0.05, 0) is 49.9 Å². The molecule has 0 saturated carbocycles. The van der Waals surface area contributed by atoms with E-state index in [1.807, 2.05) is 23.9 Å². The van der Waals surface area contributed by atoms with Crippen molar-refractivity contribution < 1.29 is 4.74 Å². The largest absolute Gasteiger partial charge is 0.487 e. The highest BCUT2D eigenvalue weighted by atomic mass is 32.2. The van der Waals surface area contributed by atoms with Crippen LogP contribution in [0.2, 0.25) is 0 Å². The molecule has 2 aromatic rings. The third-order valence-electron chi connectivity index (χ3n) is 5.68. The molecule has 0 N–H and O–H groups in total. The van der Waals surface area contributed by atoms with Gasteiger partial charge in [0, 0.05) is 36.1 Å². The van der Waals surface area contributed by atoms with Gasteiger partial charge in [-0.25, -0.2) is 0 Å². The van der Waals surface area contributed by atoms with E-state index in [9.17, 15) is 0 Å². The highest BCUT2D eigenvalue weighted by Crippen LogP contribution is 2.29. The van der Waals surface area contributed by atoms with Crippen LogP contribution in [0, 0.1) is 0 Å².